The summed E-state index contributed by atoms with van der Waals surface area (Å²) in [6.45, 7) is 4.55. The van der Waals surface area contributed by atoms with Gasteiger partial charge in [0.05, 0.1) is 11.5 Å². The van der Waals surface area contributed by atoms with Gasteiger partial charge in [-0.1, -0.05) is 65.2 Å². The standard InChI is InChI=1S/C21H37N/c1-3-5-7-8-9-18-10-11-20-16-21(17-22,13-6-4-2)14-12-19(20)15-18/h18-20H,3-16H2,1-2H3. The van der Waals surface area contributed by atoms with E-state index in [9.17, 15) is 5.26 Å². The van der Waals surface area contributed by atoms with Gasteiger partial charge in [-0.25, -0.2) is 0 Å². The number of nitrogens with zero attached hydrogens (tertiary/aromatic N) is 1. The lowest BCUT2D eigenvalue weighted by molar-refractivity contribution is 0.0617. The van der Waals surface area contributed by atoms with Crippen molar-refractivity contribution in [2.75, 3.05) is 0 Å². The smallest absolute Gasteiger partial charge is 0.0689 e. The molecule has 0 aromatic heterocycles. The Morgan fingerprint density at radius 3 is 2.50 bits per heavy atom. The Labute approximate surface area is 138 Å². The number of unbranched alkanes of at least 4 members (excludes halogenated alkanes) is 4. The maximum Gasteiger partial charge on any atom is 0.0689 e. The summed E-state index contributed by atoms with van der Waals surface area (Å²) < 4.78 is 0. The van der Waals surface area contributed by atoms with Crippen LogP contribution in [0.25, 0.3) is 0 Å². The van der Waals surface area contributed by atoms with Gasteiger partial charge >= 0.3 is 0 Å². The Bertz CT molecular complexity index is 355. The van der Waals surface area contributed by atoms with Crippen molar-refractivity contribution in [1.82, 2.24) is 0 Å². The van der Waals surface area contributed by atoms with Crippen LogP contribution >= 0.6 is 0 Å². The fourth-order valence-electron chi connectivity index (χ4n) is 5.13. The third-order valence-electron chi connectivity index (χ3n) is 6.61. The topological polar surface area (TPSA) is 23.8 Å². The van der Waals surface area contributed by atoms with E-state index in [1.165, 1.54) is 83.5 Å². The normalized spacial score (nSPS) is 34.9. The van der Waals surface area contributed by atoms with Crippen molar-refractivity contribution >= 4 is 0 Å². The average molecular weight is 304 g/mol. The average Bonchev–Trinajstić information content (AvgIpc) is 2.57. The van der Waals surface area contributed by atoms with Crippen molar-refractivity contribution in [2.24, 2.45) is 23.2 Å². The monoisotopic (exact) mass is 303 g/mol. The molecule has 2 saturated carbocycles. The first-order valence-electron chi connectivity index (χ1n) is 10.1. The summed E-state index contributed by atoms with van der Waals surface area (Å²) in [7, 11) is 0. The second kappa shape index (κ2) is 8.95. The van der Waals surface area contributed by atoms with Crippen LogP contribution in [-0.4, -0.2) is 0 Å². The lowest BCUT2D eigenvalue weighted by atomic mass is 9.58. The molecule has 22 heavy (non-hydrogen) atoms. The van der Waals surface area contributed by atoms with E-state index in [1.54, 1.807) is 0 Å². The molecule has 0 saturated heterocycles. The van der Waals surface area contributed by atoms with Crippen LogP contribution in [0.4, 0.5) is 0 Å². The molecule has 0 aliphatic heterocycles. The highest BCUT2D eigenvalue weighted by atomic mass is 14.5. The molecule has 0 aromatic carbocycles. The van der Waals surface area contributed by atoms with Crippen LogP contribution in [0.2, 0.25) is 0 Å². The first-order chi connectivity index (χ1) is 10.7. The SMILES string of the molecule is CCCCCCC1CCC2CC(C#N)(CCCC)CCC2C1. The zero-order chi connectivity index (χ0) is 15.8. The number of rotatable bonds is 8. The molecule has 1 nitrogen and oxygen atoms in total. The summed E-state index contributed by atoms with van der Waals surface area (Å²) in [6, 6.07) is 2.74. The predicted molar refractivity (Wildman–Crippen MR) is 94.5 cm³/mol. The van der Waals surface area contributed by atoms with Crippen molar-refractivity contribution in [3.8, 4) is 6.07 Å². The molecule has 2 fully saturated rings. The predicted octanol–water partition coefficient (Wildman–Crippen LogP) is 6.87. The first-order valence-corrected chi connectivity index (χ1v) is 10.1. The molecule has 4 atom stereocenters. The van der Waals surface area contributed by atoms with Crippen LogP contribution in [-0.2, 0) is 0 Å². The summed E-state index contributed by atoms with van der Waals surface area (Å²) in [5.41, 5.74) is 0.0468. The lowest BCUT2D eigenvalue weighted by Crippen LogP contribution is -2.36. The molecule has 0 bridgehead atoms. The van der Waals surface area contributed by atoms with Gasteiger partial charge in [-0.2, -0.15) is 5.26 Å². The Kier molecular flexibility index (Phi) is 7.26. The number of nitriles is 1. The largest absolute Gasteiger partial charge is 0.198 e. The van der Waals surface area contributed by atoms with Crippen molar-refractivity contribution in [1.29, 1.82) is 5.26 Å². The Hall–Kier alpha value is -0.510. The molecule has 0 heterocycles. The van der Waals surface area contributed by atoms with Crippen LogP contribution < -0.4 is 0 Å². The van der Waals surface area contributed by atoms with Gasteiger partial charge in [0.1, 0.15) is 0 Å². The second-order valence-corrected chi connectivity index (χ2v) is 8.29. The highest BCUT2D eigenvalue weighted by molar-refractivity contribution is 5.04. The summed E-state index contributed by atoms with van der Waals surface area (Å²) in [5.74, 6) is 2.83. The molecule has 2 aliphatic carbocycles. The van der Waals surface area contributed by atoms with E-state index in [2.05, 4.69) is 19.9 Å². The van der Waals surface area contributed by atoms with E-state index < -0.39 is 0 Å². The zero-order valence-electron chi connectivity index (χ0n) is 15.1. The molecule has 0 N–H and O–H groups in total. The van der Waals surface area contributed by atoms with E-state index in [1.807, 2.05) is 0 Å². The molecule has 2 rings (SSSR count). The molecule has 0 spiro atoms. The molecule has 126 valence electrons. The zero-order valence-corrected chi connectivity index (χ0v) is 15.1. The van der Waals surface area contributed by atoms with Gasteiger partial charge in [0.2, 0.25) is 0 Å². The van der Waals surface area contributed by atoms with Crippen LogP contribution in [0.1, 0.15) is 104 Å². The maximum absolute atomic E-state index is 9.73. The minimum atomic E-state index is 0.0468. The van der Waals surface area contributed by atoms with Crippen molar-refractivity contribution in [3.05, 3.63) is 0 Å². The van der Waals surface area contributed by atoms with Gasteiger partial charge < -0.3 is 0 Å². The Morgan fingerprint density at radius 2 is 1.77 bits per heavy atom. The van der Waals surface area contributed by atoms with Crippen LogP contribution in [0.3, 0.4) is 0 Å². The van der Waals surface area contributed by atoms with E-state index in [0.717, 1.165) is 24.2 Å². The number of hydrogen-bond donors (Lipinski definition) is 0. The highest BCUT2D eigenvalue weighted by Gasteiger charge is 2.42. The lowest BCUT2D eigenvalue weighted by Gasteiger charge is -2.45. The summed E-state index contributed by atoms with van der Waals surface area (Å²) in [4.78, 5) is 0. The minimum absolute atomic E-state index is 0.0468. The minimum Gasteiger partial charge on any atom is -0.198 e. The van der Waals surface area contributed by atoms with Crippen LogP contribution in [0, 0.1) is 34.5 Å². The van der Waals surface area contributed by atoms with E-state index in [4.69, 9.17) is 0 Å². The van der Waals surface area contributed by atoms with Crippen LogP contribution in [0.15, 0.2) is 0 Å². The third-order valence-corrected chi connectivity index (χ3v) is 6.61. The quantitative estimate of drug-likeness (QED) is 0.449. The molecule has 1 heteroatoms. The first kappa shape index (κ1) is 17.8. The molecule has 0 aromatic rings. The second-order valence-electron chi connectivity index (χ2n) is 8.29. The maximum atomic E-state index is 9.73. The fraction of sp³-hybridized carbons (Fsp3) is 0.952. The summed E-state index contributed by atoms with van der Waals surface area (Å²) in [6.07, 6.45) is 18.9. The Balaban J connectivity index is 1.79. The molecular formula is C21H37N. The molecule has 2 aliphatic rings. The molecular weight excluding hydrogens is 266 g/mol. The van der Waals surface area contributed by atoms with Gasteiger partial charge in [-0.05, 0) is 56.3 Å². The van der Waals surface area contributed by atoms with Gasteiger partial charge in [0.15, 0.2) is 0 Å². The van der Waals surface area contributed by atoms with Crippen LogP contribution in [0.5, 0.6) is 0 Å². The van der Waals surface area contributed by atoms with Crippen molar-refractivity contribution in [2.45, 2.75) is 104 Å². The van der Waals surface area contributed by atoms with Crippen molar-refractivity contribution < 1.29 is 0 Å². The molecule has 0 radical (unpaired) electrons. The highest BCUT2D eigenvalue weighted by Crippen LogP contribution is 2.51. The summed E-state index contributed by atoms with van der Waals surface area (Å²) in [5, 5.41) is 9.73. The molecule has 0 amide bonds. The molecule has 4 unspecified atom stereocenters. The van der Waals surface area contributed by atoms with Crippen molar-refractivity contribution in [3.63, 3.8) is 0 Å². The van der Waals surface area contributed by atoms with E-state index in [-0.39, 0.29) is 5.41 Å². The number of hydrogen-bond acceptors (Lipinski definition) is 1. The fourth-order valence-corrected chi connectivity index (χ4v) is 5.13. The third kappa shape index (κ3) is 4.74. The Morgan fingerprint density at radius 1 is 0.955 bits per heavy atom. The van der Waals surface area contributed by atoms with E-state index in [0.29, 0.717) is 0 Å². The summed E-state index contributed by atoms with van der Waals surface area (Å²) >= 11 is 0. The van der Waals surface area contributed by atoms with Gasteiger partial charge in [-0.3, -0.25) is 0 Å². The number of fused-ring (bicyclic) bond motifs is 1. The van der Waals surface area contributed by atoms with E-state index >= 15 is 0 Å². The van der Waals surface area contributed by atoms with Gasteiger partial charge in [-0.15, -0.1) is 0 Å². The van der Waals surface area contributed by atoms with Gasteiger partial charge in [0.25, 0.3) is 0 Å². The van der Waals surface area contributed by atoms with Gasteiger partial charge in [0, 0.05) is 0 Å².